The third-order valence-corrected chi connectivity index (χ3v) is 3.57. The SMILES string of the molecule is Cc1ccc(C2(C(=O)O)CC(C)(C)C2)cc1. The van der Waals surface area contributed by atoms with E-state index in [4.69, 9.17) is 0 Å². The van der Waals surface area contributed by atoms with Crippen LogP contribution in [0.15, 0.2) is 24.3 Å². The molecule has 1 aromatic carbocycles. The van der Waals surface area contributed by atoms with E-state index in [0.717, 1.165) is 18.4 Å². The monoisotopic (exact) mass is 218 g/mol. The molecule has 0 atom stereocenters. The molecule has 0 aromatic heterocycles. The number of aryl methyl sites for hydroxylation is 1. The van der Waals surface area contributed by atoms with Gasteiger partial charge in [-0.2, -0.15) is 0 Å². The van der Waals surface area contributed by atoms with E-state index in [1.54, 1.807) is 0 Å². The van der Waals surface area contributed by atoms with Crippen molar-refractivity contribution in [3.8, 4) is 0 Å². The maximum Gasteiger partial charge on any atom is 0.314 e. The second-order valence-corrected chi connectivity index (χ2v) is 5.77. The number of rotatable bonds is 2. The van der Waals surface area contributed by atoms with E-state index in [-0.39, 0.29) is 5.41 Å². The normalized spacial score (nSPS) is 21.2. The third kappa shape index (κ3) is 1.62. The fraction of sp³-hybridized carbons (Fsp3) is 0.500. The number of aliphatic carboxylic acids is 1. The summed E-state index contributed by atoms with van der Waals surface area (Å²) in [7, 11) is 0. The van der Waals surface area contributed by atoms with E-state index in [9.17, 15) is 9.90 Å². The van der Waals surface area contributed by atoms with E-state index in [0.29, 0.717) is 0 Å². The van der Waals surface area contributed by atoms with Crippen LogP contribution in [0.3, 0.4) is 0 Å². The standard InChI is InChI=1S/C14H18O2/c1-10-4-6-11(7-5-10)14(12(15)16)8-13(2,3)9-14/h4-7H,8-9H2,1-3H3,(H,15,16). The van der Waals surface area contributed by atoms with Crippen molar-refractivity contribution in [1.29, 1.82) is 0 Å². The van der Waals surface area contributed by atoms with Gasteiger partial charge in [0.05, 0.1) is 5.41 Å². The van der Waals surface area contributed by atoms with Crippen molar-refractivity contribution >= 4 is 5.97 Å². The van der Waals surface area contributed by atoms with Crippen molar-refractivity contribution < 1.29 is 9.90 Å². The fourth-order valence-electron chi connectivity index (χ4n) is 2.93. The lowest BCUT2D eigenvalue weighted by Crippen LogP contribution is -2.52. The van der Waals surface area contributed by atoms with Gasteiger partial charge in [-0.1, -0.05) is 43.7 Å². The van der Waals surface area contributed by atoms with Gasteiger partial charge in [0.25, 0.3) is 0 Å². The largest absolute Gasteiger partial charge is 0.481 e. The molecule has 2 rings (SSSR count). The molecule has 1 aliphatic carbocycles. The Labute approximate surface area is 96.3 Å². The molecular formula is C14H18O2. The van der Waals surface area contributed by atoms with Crippen LogP contribution in [0.4, 0.5) is 0 Å². The molecule has 0 heterocycles. The number of carboxylic acid groups (broad SMARTS) is 1. The number of hydrogen-bond donors (Lipinski definition) is 1. The van der Waals surface area contributed by atoms with E-state index < -0.39 is 11.4 Å². The van der Waals surface area contributed by atoms with Crippen molar-refractivity contribution in [3.05, 3.63) is 35.4 Å². The maximum absolute atomic E-state index is 11.5. The van der Waals surface area contributed by atoms with Crippen LogP contribution in [0.2, 0.25) is 0 Å². The molecule has 2 heteroatoms. The summed E-state index contributed by atoms with van der Waals surface area (Å²) in [6, 6.07) is 7.90. The summed E-state index contributed by atoms with van der Waals surface area (Å²) < 4.78 is 0. The van der Waals surface area contributed by atoms with Crippen LogP contribution >= 0.6 is 0 Å². The molecule has 86 valence electrons. The molecule has 16 heavy (non-hydrogen) atoms. The van der Waals surface area contributed by atoms with Crippen molar-refractivity contribution in [2.75, 3.05) is 0 Å². The number of carboxylic acids is 1. The molecular weight excluding hydrogens is 200 g/mol. The second kappa shape index (κ2) is 3.34. The van der Waals surface area contributed by atoms with Crippen LogP contribution < -0.4 is 0 Å². The predicted molar refractivity (Wildman–Crippen MR) is 63.5 cm³/mol. The Hall–Kier alpha value is -1.31. The first-order valence-corrected chi connectivity index (χ1v) is 5.66. The average molecular weight is 218 g/mol. The first-order valence-electron chi connectivity index (χ1n) is 5.66. The van der Waals surface area contributed by atoms with Crippen LogP contribution in [-0.2, 0) is 10.2 Å². The highest BCUT2D eigenvalue weighted by Gasteiger charge is 2.55. The summed E-state index contributed by atoms with van der Waals surface area (Å²) in [5.41, 5.74) is 1.63. The Morgan fingerprint density at radius 3 is 2.06 bits per heavy atom. The minimum Gasteiger partial charge on any atom is -0.481 e. The fourth-order valence-corrected chi connectivity index (χ4v) is 2.93. The zero-order valence-electron chi connectivity index (χ0n) is 10.1. The number of hydrogen-bond acceptors (Lipinski definition) is 1. The molecule has 0 saturated heterocycles. The van der Waals surface area contributed by atoms with E-state index in [1.807, 2.05) is 31.2 Å². The molecule has 1 fully saturated rings. The molecule has 1 aromatic rings. The summed E-state index contributed by atoms with van der Waals surface area (Å²) in [6.07, 6.45) is 1.47. The predicted octanol–water partition coefficient (Wildman–Crippen LogP) is 3.14. The van der Waals surface area contributed by atoms with Gasteiger partial charge in [0.15, 0.2) is 0 Å². The van der Waals surface area contributed by atoms with E-state index in [1.165, 1.54) is 5.56 Å². The minimum absolute atomic E-state index is 0.156. The molecule has 1 saturated carbocycles. The molecule has 0 radical (unpaired) electrons. The van der Waals surface area contributed by atoms with Crippen LogP contribution in [0, 0.1) is 12.3 Å². The second-order valence-electron chi connectivity index (χ2n) is 5.77. The van der Waals surface area contributed by atoms with Gasteiger partial charge in [0.1, 0.15) is 0 Å². The van der Waals surface area contributed by atoms with E-state index in [2.05, 4.69) is 13.8 Å². The molecule has 0 spiro atoms. The first kappa shape index (κ1) is 11.2. The van der Waals surface area contributed by atoms with Gasteiger partial charge in [-0.3, -0.25) is 4.79 Å². The minimum atomic E-state index is -0.685. The van der Waals surface area contributed by atoms with Crippen molar-refractivity contribution in [1.82, 2.24) is 0 Å². The molecule has 0 unspecified atom stereocenters. The topological polar surface area (TPSA) is 37.3 Å². The lowest BCUT2D eigenvalue weighted by Gasteiger charge is -2.50. The van der Waals surface area contributed by atoms with Gasteiger partial charge in [0.2, 0.25) is 0 Å². The van der Waals surface area contributed by atoms with Crippen LogP contribution in [0.5, 0.6) is 0 Å². The maximum atomic E-state index is 11.5. The smallest absolute Gasteiger partial charge is 0.314 e. The molecule has 0 amide bonds. The van der Waals surface area contributed by atoms with Gasteiger partial charge in [-0.25, -0.2) is 0 Å². The van der Waals surface area contributed by atoms with Gasteiger partial charge in [-0.15, -0.1) is 0 Å². The van der Waals surface area contributed by atoms with Crippen molar-refractivity contribution in [2.24, 2.45) is 5.41 Å². The highest BCUT2D eigenvalue weighted by atomic mass is 16.4. The average Bonchev–Trinajstić information content (AvgIpc) is 2.14. The van der Waals surface area contributed by atoms with Crippen molar-refractivity contribution in [2.45, 2.75) is 39.0 Å². The third-order valence-electron chi connectivity index (χ3n) is 3.57. The zero-order chi connectivity index (χ0) is 12.0. The highest BCUT2D eigenvalue weighted by Crippen LogP contribution is 2.55. The van der Waals surface area contributed by atoms with Crippen LogP contribution in [-0.4, -0.2) is 11.1 Å². The Bertz CT molecular complexity index is 407. The molecule has 0 aliphatic heterocycles. The summed E-state index contributed by atoms with van der Waals surface area (Å²) in [4.78, 5) is 11.5. The number of carbonyl (C=O) groups is 1. The quantitative estimate of drug-likeness (QED) is 0.828. The molecule has 0 bridgehead atoms. The zero-order valence-corrected chi connectivity index (χ0v) is 10.1. The Morgan fingerprint density at radius 2 is 1.69 bits per heavy atom. The van der Waals surface area contributed by atoms with Gasteiger partial charge in [0, 0.05) is 0 Å². The summed E-state index contributed by atoms with van der Waals surface area (Å²) >= 11 is 0. The van der Waals surface area contributed by atoms with Crippen LogP contribution in [0.1, 0.15) is 37.8 Å². The lowest BCUT2D eigenvalue weighted by molar-refractivity contribution is -0.153. The van der Waals surface area contributed by atoms with Gasteiger partial charge < -0.3 is 5.11 Å². The van der Waals surface area contributed by atoms with Crippen molar-refractivity contribution in [3.63, 3.8) is 0 Å². The van der Waals surface area contributed by atoms with Gasteiger partial charge in [-0.05, 0) is 30.7 Å². The molecule has 2 nitrogen and oxygen atoms in total. The Morgan fingerprint density at radius 1 is 1.19 bits per heavy atom. The summed E-state index contributed by atoms with van der Waals surface area (Å²) in [6.45, 7) is 6.27. The summed E-state index contributed by atoms with van der Waals surface area (Å²) in [5.74, 6) is -0.685. The highest BCUT2D eigenvalue weighted by molar-refractivity contribution is 5.83. The van der Waals surface area contributed by atoms with Crippen LogP contribution in [0.25, 0.3) is 0 Å². The summed E-state index contributed by atoms with van der Waals surface area (Å²) in [5, 5.41) is 9.44. The number of benzene rings is 1. The Kier molecular flexibility index (Phi) is 2.33. The Balaban J connectivity index is 2.36. The van der Waals surface area contributed by atoms with E-state index >= 15 is 0 Å². The molecule has 1 N–H and O–H groups in total. The van der Waals surface area contributed by atoms with Gasteiger partial charge >= 0.3 is 5.97 Å². The molecule has 1 aliphatic rings. The lowest BCUT2D eigenvalue weighted by atomic mass is 9.52. The first-order chi connectivity index (χ1) is 7.36.